The van der Waals surface area contributed by atoms with E-state index >= 15 is 0 Å². The monoisotopic (exact) mass is 279 g/mol. The first kappa shape index (κ1) is 14.2. The molecule has 0 saturated heterocycles. The maximum atomic E-state index is 13.5. The highest BCUT2D eigenvalue weighted by atomic mass is 32.1. The summed E-state index contributed by atoms with van der Waals surface area (Å²) in [6.45, 7) is 0.509. The second kappa shape index (κ2) is 6.29. The summed E-state index contributed by atoms with van der Waals surface area (Å²) < 4.78 is 19.2. The van der Waals surface area contributed by atoms with Crippen LogP contribution >= 0.6 is 12.6 Å². The molecule has 0 aliphatic heterocycles. The molecular formula is C15H18FNOS. The molecule has 2 nitrogen and oxygen atoms in total. The summed E-state index contributed by atoms with van der Waals surface area (Å²) in [5, 5.41) is 8.97. The van der Waals surface area contributed by atoms with Crippen molar-refractivity contribution in [2.75, 3.05) is 12.4 Å². The van der Waals surface area contributed by atoms with Crippen LogP contribution in [-0.4, -0.2) is 12.4 Å². The lowest BCUT2D eigenvalue weighted by molar-refractivity contribution is 0.120. The van der Waals surface area contributed by atoms with Crippen molar-refractivity contribution in [1.29, 1.82) is 5.26 Å². The van der Waals surface area contributed by atoms with Crippen LogP contribution < -0.4 is 4.74 Å². The van der Waals surface area contributed by atoms with Crippen molar-refractivity contribution >= 4 is 12.6 Å². The number of thiol groups is 1. The van der Waals surface area contributed by atoms with Crippen molar-refractivity contribution < 1.29 is 9.13 Å². The van der Waals surface area contributed by atoms with Crippen molar-refractivity contribution in [2.45, 2.75) is 32.1 Å². The van der Waals surface area contributed by atoms with Gasteiger partial charge in [0.1, 0.15) is 23.2 Å². The molecule has 0 N–H and O–H groups in total. The van der Waals surface area contributed by atoms with Gasteiger partial charge in [0.15, 0.2) is 0 Å². The molecule has 0 spiro atoms. The molecule has 1 aromatic rings. The third-order valence-electron chi connectivity index (χ3n) is 3.87. The number of halogens is 1. The molecule has 0 amide bonds. The van der Waals surface area contributed by atoms with Gasteiger partial charge in [0.05, 0.1) is 6.61 Å². The highest BCUT2D eigenvalue weighted by Gasteiger charge is 2.31. The standard InChI is InChI=1S/C15H18FNOS/c16-13-5-4-6-14(12(13)9-17)18-10-15(11-19)7-2-1-3-8-15/h4-6,19H,1-3,7-8,10-11H2. The van der Waals surface area contributed by atoms with Gasteiger partial charge in [-0.3, -0.25) is 0 Å². The summed E-state index contributed by atoms with van der Waals surface area (Å²) in [7, 11) is 0. The van der Waals surface area contributed by atoms with Gasteiger partial charge in [0.25, 0.3) is 0 Å². The van der Waals surface area contributed by atoms with Gasteiger partial charge in [-0.05, 0) is 30.7 Å². The van der Waals surface area contributed by atoms with E-state index in [1.807, 2.05) is 6.07 Å². The predicted molar refractivity (Wildman–Crippen MR) is 76.0 cm³/mol. The lowest BCUT2D eigenvalue weighted by Gasteiger charge is -2.35. The van der Waals surface area contributed by atoms with Crippen LogP contribution in [0.4, 0.5) is 4.39 Å². The largest absolute Gasteiger partial charge is 0.491 e. The molecule has 0 heterocycles. The third kappa shape index (κ3) is 3.22. The van der Waals surface area contributed by atoms with Crippen LogP contribution in [-0.2, 0) is 0 Å². The molecule has 2 rings (SSSR count). The average Bonchev–Trinajstić information content (AvgIpc) is 2.46. The first-order chi connectivity index (χ1) is 9.21. The number of nitriles is 1. The normalized spacial score (nSPS) is 17.7. The van der Waals surface area contributed by atoms with Crippen molar-refractivity contribution in [3.8, 4) is 11.8 Å². The van der Waals surface area contributed by atoms with E-state index in [2.05, 4.69) is 12.6 Å². The Morgan fingerprint density at radius 2 is 2.05 bits per heavy atom. The van der Waals surface area contributed by atoms with Gasteiger partial charge in [-0.15, -0.1) is 0 Å². The molecule has 0 bridgehead atoms. The fourth-order valence-corrected chi connectivity index (χ4v) is 3.02. The number of benzene rings is 1. The Bertz CT molecular complexity index is 478. The van der Waals surface area contributed by atoms with Crippen molar-refractivity contribution in [3.05, 3.63) is 29.6 Å². The first-order valence-corrected chi connectivity index (χ1v) is 7.26. The number of ether oxygens (including phenoxy) is 1. The molecular weight excluding hydrogens is 261 g/mol. The minimum atomic E-state index is -0.524. The Morgan fingerprint density at radius 1 is 1.32 bits per heavy atom. The second-order valence-electron chi connectivity index (χ2n) is 5.23. The minimum absolute atomic E-state index is 0.00683. The number of nitrogens with zero attached hydrogens (tertiary/aromatic N) is 1. The topological polar surface area (TPSA) is 33.0 Å². The van der Waals surface area contributed by atoms with Crippen LogP contribution in [0.2, 0.25) is 0 Å². The molecule has 1 saturated carbocycles. The molecule has 1 fully saturated rings. The SMILES string of the molecule is N#Cc1c(F)cccc1OCC1(CS)CCCCC1. The van der Waals surface area contributed by atoms with Crippen LogP contribution in [0.25, 0.3) is 0 Å². The Kier molecular flexibility index (Phi) is 4.71. The quantitative estimate of drug-likeness (QED) is 0.846. The highest BCUT2D eigenvalue weighted by molar-refractivity contribution is 7.80. The van der Waals surface area contributed by atoms with Gasteiger partial charge < -0.3 is 4.74 Å². The molecule has 0 unspecified atom stereocenters. The number of rotatable bonds is 4. The van der Waals surface area contributed by atoms with Crippen LogP contribution in [0.5, 0.6) is 5.75 Å². The van der Waals surface area contributed by atoms with E-state index in [-0.39, 0.29) is 11.0 Å². The maximum absolute atomic E-state index is 13.5. The molecule has 0 atom stereocenters. The lowest BCUT2D eigenvalue weighted by atomic mass is 9.76. The smallest absolute Gasteiger partial charge is 0.144 e. The number of hydrogen-bond acceptors (Lipinski definition) is 3. The Morgan fingerprint density at radius 3 is 2.68 bits per heavy atom. The second-order valence-corrected chi connectivity index (χ2v) is 5.55. The van der Waals surface area contributed by atoms with E-state index in [0.29, 0.717) is 12.4 Å². The van der Waals surface area contributed by atoms with Crippen molar-refractivity contribution in [3.63, 3.8) is 0 Å². The van der Waals surface area contributed by atoms with E-state index in [1.165, 1.54) is 25.3 Å². The number of hydrogen-bond donors (Lipinski definition) is 1. The van der Waals surface area contributed by atoms with Gasteiger partial charge in [0, 0.05) is 5.41 Å². The van der Waals surface area contributed by atoms with E-state index < -0.39 is 5.82 Å². The zero-order chi connectivity index (χ0) is 13.7. The Labute approximate surface area is 119 Å². The van der Waals surface area contributed by atoms with Crippen LogP contribution in [0, 0.1) is 22.6 Å². The maximum Gasteiger partial charge on any atom is 0.144 e. The summed E-state index contributed by atoms with van der Waals surface area (Å²) in [6.07, 6.45) is 5.83. The van der Waals surface area contributed by atoms with E-state index in [1.54, 1.807) is 12.1 Å². The molecule has 0 radical (unpaired) electrons. The first-order valence-electron chi connectivity index (χ1n) is 6.63. The van der Waals surface area contributed by atoms with Gasteiger partial charge >= 0.3 is 0 Å². The minimum Gasteiger partial charge on any atom is -0.491 e. The Hall–Kier alpha value is -1.21. The van der Waals surface area contributed by atoms with E-state index in [0.717, 1.165) is 18.6 Å². The predicted octanol–water partition coefficient (Wildman–Crippen LogP) is 3.96. The fraction of sp³-hybridized carbons (Fsp3) is 0.533. The molecule has 102 valence electrons. The van der Waals surface area contributed by atoms with Gasteiger partial charge in [-0.1, -0.05) is 25.3 Å². The van der Waals surface area contributed by atoms with Gasteiger partial charge in [0.2, 0.25) is 0 Å². The van der Waals surface area contributed by atoms with Crippen LogP contribution in [0.1, 0.15) is 37.7 Å². The molecule has 0 aromatic heterocycles. The lowest BCUT2D eigenvalue weighted by Crippen LogP contribution is -2.33. The van der Waals surface area contributed by atoms with Crippen LogP contribution in [0.15, 0.2) is 18.2 Å². The summed E-state index contributed by atoms with van der Waals surface area (Å²) in [6, 6.07) is 6.36. The fourth-order valence-electron chi connectivity index (χ4n) is 2.61. The summed E-state index contributed by atoms with van der Waals surface area (Å²) >= 11 is 4.45. The van der Waals surface area contributed by atoms with Gasteiger partial charge in [-0.25, -0.2) is 4.39 Å². The summed E-state index contributed by atoms with van der Waals surface area (Å²) in [4.78, 5) is 0. The zero-order valence-electron chi connectivity index (χ0n) is 10.9. The van der Waals surface area contributed by atoms with E-state index in [4.69, 9.17) is 10.00 Å². The van der Waals surface area contributed by atoms with Crippen LogP contribution in [0.3, 0.4) is 0 Å². The summed E-state index contributed by atoms with van der Waals surface area (Å²) in [5.74, 6) is 0.585. The summed E-state index contributed by atoms with van der Waals surface area (Å²) in [5.41, 5.74) is 0.0630. The molecule has 19 heavy (non-hydrogen) atoms. The van der Waals surface area contributed by atoms with Gasteiger partial charge in [-0.2, -0.15) is 17.9 Å². The van der Waals surface area contributed by atoms with E-state index in [9.17, 15) is 4.39 Å². The average molecular weight is 279 g/mol. The molecule has 1 aromatic carbocycles. The highest BCUT2D eigenvalue weighted by Crippen LogP contribution is 2.38. The van der Waals surface area contributed by atoms with Crippen molar-refractivity contribution in [2.24, 2.45) is 5.41 Å². The zero-order valence-corrected chi connectivity index (χ0v) is 11.8. The van der Waals surface area contributed by atoms with Crippen molar-refractivity contribution in [1.82, 2.24) is 0 Å². The molecule has 4 heteroatoms. The molecule has 1 aliphatic rings. The molecule has 1 aliphatic carbocycles. The third-order valence-corrected chi connectivity index (χ3v) is 4.54. The Balaban J connectivity index is 2.10.